The molecule has 0 fully saturated rings. The molecule has 0 saturated carbocycles. The van der Waals surface area contributed by atoms with Crippen molar-refractivity contribution in [1.82, 2.24) is 14.9 Å². The smallest absolute Gasteiger partial charge is 0.269 e. The molecule has 72 valence electrons. The number of nitrogens with one attached hydrogen (secondary N) is 1. The molecule has 0 aliphatic carbocycles. The van der Waals surface area contributed by atoms with Crippen molar-refractivity contribution in [2.45, 2.75) is 19.8 Å². The molecule has 1 heterocycles. The Labute approximate surface area is 78.0 Å². The molecule has 1 N–H and O–H groups in total. The Bertz CT molecular complexity index is 315. The number of rotatable bonds is 2. The maximum atomic E-state index is 11.3. The molecule has 1 rings (SSSR count). The third kappa shape index (κ3) is 1.71. The molecular weight excluding hydrogens is 166 g/mol. The van der Waals surface area contributed by atoms with Gasteiger partial charge in [-0.3, -0.25) is 4.79 Å². The lowest BCUT2D eigenvalue weighted by Crippen LogP contribution is -2.21. The number of aromatic nitrogens is 2. The van der Waals surface area contributed by atoms with E-state index in [0.29, 0.717) is 11.6 Å². The second-order valence-corrected chi connectivity index (χ2v) is 3.29. The zero-order chi connectivity index (χ0) is 10.0. The first-order valence-electron chi connectivity index (χ1n) is 4.31. The number of carbonyl (C=O) groups is 1. The van der Waals surface area contributed by atoms with Gasteiger partial charge in [-0.25, -0.2) is 4.98 Å². The number of imidazole rings is 1. The Hall–Kier alpha value is -1.32. The largest absolute Gasteiger partial charge is 0.354 e. The van der Waals surface area contributed by atoms with Crippen molar-refractivity contribution in [3.63, 3.8) is 0 Å². The Morgan fingerprint density at radius 3 is 2.62 bits per heavy atom. The molecule has 4 nitrogen and oxygen atoms in total. The van der Waals surface area contributed by atoms with Crippen LogP contribution in [0.2, 0.25) is 0 Å². The van der Waals surface area contributed by atoms with Crippen molar-refractivity contribution < 1.29 is 4.79 Å². The molecule has 0 saturated heterocycles. The fourth-order valence-electron chi connectivity index (χ4n) is 1.30. The van der Waals surface area contributed by atoms with Gasteiger partial charge in [0.25, 0.3) is 5.91 Å². The maximum Gasteiger partial charge on any atom is 0.269 e. The van der Waals surface area contributed by atoms with Crippen molar-refractivity contribution in [2.75, 3.05) is 7.05 Å². The van der Waals surface area contributed by atoms with E-state index in [4.69, 9.17) is 0 Å². The van der Waals surface area contributed by atoms with Crippen LogP contribution in [0.1, 0.15) is 36.1 Å². The van der Waals surface area contributed by atoms with Crippen LogP contribution in [0.15, 0.2) is 6.20 Å². The van der Waals surface area contributed by atoms with Crippen molar-refractivity contribution in [2.24, 2.45) is 7.05 Å². The molecule has 0 aromatic carbocycles. The highest BCUT2D eigenvalue weighted by atomic mass is 16.1. The topological polar surface area (TPSA) is 46.9 Å². The van der Waals surface area contributed by atoms with Gasteiger partial charge < -0.3 is 9.88 Å². The van der Waals surface area contributed by atoms with E-state index in [1.54, 1.807) is 13.2 Å². The second kappa shape index (κ2) is 3.60. The molecular formula is C9H15N3O. The number of hydrogen-bond donors (Lipinski definition) is 1. The van der Waals surface area contributed by atoms with Crippen LogP contribution in [0.25, 0.3) is 0 Å². The molecule has 0 bridgehead atoms. The van der Waals surface area contributed by atoms with E-state index in [-0.39, 0.29) is 5.91 Å². The van der Waals surface area contributed by atoms with Gasteiger partial charge in [-0.15, -0.1) is 0 Å². The normalized spacial score (nSPS) is 10.5. The van der Waals surface area contributed by atoms with Crippen molar-refractivity contribution in [1.29, 1.82) is 0 Å². The predicted molar refractivity (Wildman–Crippen MR) is 50.7 cm³/mol. The van der Waals surface area contributed by atoms with E-state index >= 15 is 0 Å². The molecule has 0 aliphatic rings. The molecule has 13 heavy (non-hydrogen) atoms. The minimum absolute atomic E-state index is 0.0955. The summed E-state index contributed by atoms with van der Waals surface area (Å²) in [7, 11) is 3.47. The molecule has 1 amide bonds. The summed E-state index contributed by atoms with van der Waals surface area (Å²) in [6, 6.07) is 0. The summed E-state index contributed by atoms with van der Waals surface area (Å²) in [6.45, 7) is 4.10. The minimum atomic E-state index is -0.0955. The van der Waals surface area contributed by atoms with Gasteiger partial charge in [0.05, 0.1) is 6.20 Å². The second-order valence-electron chi connectivity index (χ2n) is 3.29. The minimum Gasteiger partial charge on any atom is -0.354 e. The molecule has 0 atom stereocenters. The maximum absolute atomic E-state index is 11.3. The summed E-state index contributed by atoms with van der Waals surface area (Å²) >= 11 is 0. The predicted octanol–water partition coefficient (Wildman–Crippen LogP) is 0.903. The van der Waals surface area contributed by atoms with E-state index < -0.39 is 0 Å². The SMILES string of the molecule is CNC(=O)c1cnc(C(C)C)n1C. The van der Waals surface area contributed by atoms with E-state index in [1.165, 1.54) is 0 Å². The van der Waals surface area contributed by atoms with E-state index in [2.05, 4.69) is 24.1 Å². The van der Waals surface area contributed by atoms with Gasteiger partial charge in [-0.2, -0.15) is 0 Å². The summed E-state index contributed by atoms with van der Waals surface area (Å²) in [5, 5.41) is 2.57. The number of amides is 1. The fourth-order valence-corrected chi connectivity index (χ4v) is 1.30. The Kier molecular flexibility index (Phi) is 2.70. The average Bonchev–Trinajstić information content (AvgIpc) is 2.46. The Balaban J connectivity index is 3.06. The summed E-state index contributed by atoms with van der Waals surface area (Å²) in [5.74, 6) is 1.17. The highest BCUT2D eigenvalue weighted by Crippen LogP contribution is 2.13. The third-order valence-electron chi connectivity index (χ3n) is 2.00. The zero-order valence-electron chi connectivity index (χ0n) is 8.46. The van der Waals surface area contributed by atoms with Crippen molar-refractivity contribution in [3.05, 3.63) is 17.7 Å². The summed E-state index contributed by atoms with van der Waals surface area (Å²) < 4.78 is 1.82. The highest BCUT2D eigenvalue weighted by Gasteiger charge is 2.13. The van der Waals surface area contributed by atoms with Gasteiger partial charge in [0.2, 0.25) is 0 Å². The van der Waals surface area contributed by atoms with Crippen LogP contribution < -0.4 is 5.32 Å². The van der Waals surface area contributed by atoms with Gasteiger partial charge >= 0.3 is 0 Å². The standard InChI is InChI=1S/C9H15N3O/c1-6(2)8-11-5-7(12(8)4)9(13)10-3/h5-6H,1-4H3,(H,10,13). The van der Waals surface area contributed by atoms with Crippen LogP contribution in [0, 0.1) is 0 Å². The van der Waals surface area contributed by atoms with Gasteiger partial charge in [0, 0.05) is 20.0 Å². The average molecular weight is 181 g/mol. The first kappa shape index (κ1) is 9.77. The molecule has 0 aliphatic heterocycles. The summed E-state index contributed by atoms with van der Waals surface area (Å²) in [4.78, 5) is 15.5. The molecule has 4 heteroatoms. The summed E-state index contributed by atoms with van der Waals surface area (Å²) in [5.41, 5.74) is 0.603. The van der Waals surface area contributed by atoms with Gasteiger partial charge in [0.1, 0.15) is 11.5 Å². The Morgan fingerprint density at radius 1 is 1.62 bits per heavy atom. The van der Waals surface area contributed by atoms with Crippen LogP contribution in [-0.2, 0) is 7.05 Å². The first-order chi connectivity index (χ1) is 6.07. The van der Waals surface area contributed by atoms with E-state index in [9.17, 15) is 4.79 Å². The fraction of sp³-hybridized carbons (Fsp3) is 0.556. The number of nitrogens with zero attached hydrogens (tertiary/aromatic N) is 2. The van der Waals surface area contributed by atoms with E-state index in [0.717, 1.165) is 5.82 Å². The summed E-state index contributed by atoms with van der Waals surface area (Å²) in [6.07, 6.45) is 1.61. The molecule has 1 aromatic rings. The van der Waals surface area contributed by atoms with Crippen LogP contribution in [-0.4, -0.2) is 22.5 Å². The number of hydrogen-bond acceptors (Lipinski definition) is 2. The highest BCUT2D eigenvalue weighted by molar-refractivity contribution is 5.92. The van der Waals surface area contributed by atoms with Gasteiger partial charge in [-0.05, 0) is 0 Å². The van der Waals surface area contributed by atoms with Gasteiger partial charge in [-0.1, -0.05) is 13.8 Å². The zero-order valence-corrected chi connectivity index (χ0v) is 8.46. The van der Waals surface area contributed by atoms with Crippen LogP contribution >= 0.6 is 0 Å². The van der Waals surface area contributed by atoms with Crippen molar-refractivity contribution >= 4 is 5.91 Å². The lowest BCUT2D eigenvalue weighted by atomic mass is 10.2. The molecule has 0 unspecified atom stereocenters. The number of carbonyl (C=O) groups excluding carboxylic acids is 1. The van der Waals surface area contributed by atoms with Crippen LogP contribution in [0.3, 0.4) is 0 Å². The first-order valence-corrected chi connectivity index (χ1v) is 4.31. The van der Waals surface area contributed by atoms with Crippen LogP contribution in [0.4, 0.5) is 0 Å². The molecule has 1 aromatic heterocycles. The Morgan fingerprint density at radius 2 is 2.23 bits per heavy atom. The lowest BCUT2D eigenvalue weighted by Gasteiger charge is -2.06. The third-order valence-corrected chi connectivity index (χ3v) is 2.00. The molecule has 0 radical (unpaired) electrons. The molecule has 0 spiro atoms. The van der Waals surface area contributed by atoms with Crippen LogP contribution in [0.5, 0.6) is 0 Å². The van der Waals surface area contributed by atoms with Crippen molar-refractivity contribution in [3.8, 4) is 0 Å². The lowest BCUT2D eigenvalue weighted by molar-refractivity contribution is 0.0954. The monoisotopic (exact) mass is 181 g/mol. The van der Waals surface area contributed by atoms with E-state index in [1.807, 2.05) is 11.6 Å². The van der Waals surface area contributed by atoms with Gasteiger partial charge in [0.15, 0.2) is 0 Å². The quantitative estimate of drug-likeness (QED) is 0.737.